The van der Waals surface area contributed by atoms with Gasteiger partial charge < -0.3 is 38.6 Å². The maximum absolute atomic E-state index is 13.6. The van der Waals surface area contributed by atoms with E-state index < -0.39 is 46.0 Å². The Hall–Kier alpha value is -4.19. The number of carbonyl (C=O) groups excluding carboxylic acids is 1. The van der Waals surface area contributed by atoms with E-state index in [1.165, 1.54) is 47.5 Å². The monoisotopic (exact) mass is 562 g/mol. The van der Waals surface area contributed by atoms with Crippen LogP contribution in [0.3, 0.4) is 0 Å². The maximum Gasteiger partial charge on any atom is 0.261 e. The van der Waals surface area contributed by atoms with E-state index in [0.717, 1.165) is 0 Å². The first-order valence-electron chi connectivity index (χ1n) is 13.0. The Morgan fingerprint density at radius 3 is 2.10 bits per heavy atom. The molecule has 4 atom stereocenters. The summed E-state index contributed by atoms with van der Waals surface area (Å²) in [4.78, 5) is 40.9. The van der Waals surface area contributed by atoms with Gasteiger partial charge in [0.2, 0.25) is 0 Å². The molecule has 4 unspecified atom stereocenters. The van der Waals surface area contributed by atoms with Crippen molar-refractivity contribution in [1.82, 2.24) is 0 Å². The predicted octanol–water partition coefficient (Wildman–Crippen LogP) is 2.23. The summed E-state index contributed by atoms with van der Waals surface area (Å²) in [5.74, 6) is -3.46. The molecular formula is C30H26O11. The van der Waals surface area contributed by atoms with E-state index in [2.05, 4.69) is 0 Å². The second-order valence-electron chi connectivity index (χ2n) is 10.7. The summed E-state index contributed by atoms with van der Waals surface area (Å²) in [6, 6.07) is 2.47. The van der Waals surface area contributed by atoms with Crippen LogP contribution in [0, 0.1) is 0 Å². The Labute approximate surface area is 231 Å². The number of Topliss-reactive ketones (excluding diaryl/α,β-unsaturated/α-hetero) is 1. The molecular weight excluding hydrogens is 536 g/mol. The lowest BCUT2D eigenvalue weighted by Gasteiger charge is -2.56. The molecule has 2 heterocycles. The normalized spacial score (nSPS) is 26.2. The van der Waals surface area contributed by atoms with Gasteiger partial charge in [-0.3, -0.25) is 14.4 Å². The fourth-order valence-corrected chi connectivity index (χ4v) is 7.47. The standard InChI is InChI=1S/C30H26O11/c1-10-9-29-23-21-17(26(35)28(29)39-6)13(33)8-15(37-4)19(21)18-14(36-3)7-12(32)16-20(18)22(23)24(27(38-5)25(16)34)30(40-10,41-29)11(2)31/h7-8,10,28,34-35H,9H2,1-6H3. The molecule has 2 aliphatic heterocycles. The highest BCUT2D eigenvalue weighted by Gasteiger charge is 2.65. The quantitative estimate of drug-likeness (QED) is 0.273. The fourth-order valence-electron chi connectivity index (χ4n) is 7.47. The number of phenols is 1. The number of carbonyl (C=O) groups is 1. The zero-order valence-corrected chi connectivity index (χ0v) is 23.1. The number of fused-ring (bicyclic) bond motifs is 3. The number of ketones is 1. The number of aliphatic hydroxyl groups excluding tert-OH is 1. The van der Waals surface area contributed by atoms with Gasteiger partial charge in [0.1, 0.15) is 29.0 Å². The molecule has 1 aliphatic carbocycles. The second-order valence-corrected chi connectivity index (χ2v) is 10.7. The highest BCUT2D eigenvalue weighted by Crippen LogP contribution is 2.64. The molecule has 11 nitrogen and oxygen atoms in total. The minimum Gasteiger partial charge on any atom is -0.509 e. The number of rotatable bonds is 5. The van der Waals surface area contributed by atoms with Gasteiger partial charge in [-0.1, -0.05) is 0 Å². The van der Waals surface area contributed by atoms with Crippen molar-refractivity contribution < 1.29 is 43.4 Å². The van der Waals surface area contributed by atoms with Gasteiger partial charge in [0, 0.05) is 65.1 Å². The first kappa shape index (κ1) is 25.8. The number of aromatic hydroxyl groups is 1. The third-order valence-corrected chi connectivity index (χ3v) is 8.75. The second kappa shape index (κ2) is 7.96. The van der Waals surface area contributed by atoms with Crippen LogP contribution in [0.25, 0.3) is 38.1 Å². The Morgan fingerprint density at radius 1 is 0.878 bits per heavy atom. The number of phenolic OH excluding ortho intramolecular Hbond substituents is 1. The lowest BCUT2D eigenvalue weighted by molar-refractivity contribution is -0.357. The molecule has 11 heteroatoms. The fraction of sp³-hybridized carbons (Fsp3) is 0.367. The smallest absolute Gasteiger partial charge is 0.261 e. The van der Waals surface area contributed by atoms with Gasteiger partial charge in [-0.25, -0.2) is 0 Å². The van der Waals surface area contributed by atoms with Crippen molar-refractivity contribution >= 4 is 43.9 Å². The van der Waals surface area contributed by atoms with E-state index >= 15 is 0 Å². The lowest BCUT2D eigenvalue weighted by Crippen LogP contribution is -2.63. The molecule has 4 aromatic carbocycles. The van der Waals surface area contributed by atoms with Crippen LogP contribution in [-0.4, -0.2) is 56.6 Å². The summed E-state index contributed by atoms with van der Waals surface area (Å²) in [6.45, 7) is 3.03. The van der Waals surface area contributed by atoms with Crippen molar-refractivity contribution in [3.8, 4) is 23.0 Å². The number of ether oxygens (including phenoxy) is 6. The number of aliphatic hydroxyl groups is 1. The van der Waals surface area contributed by atoms with Crippen molar-refractivity contribution in [3.05, 3.63) is 48.9 Å². The van der Waals surface area contributed by atoms with Crippen molar-refractivity contribution in [2.45, 2.75) is 43.9 Å². The highest BCUT2D eigenvalue weighted by atomic mass is 16.7. The molecule has 212 valence electrons. The van der Waals surface area contributed by atoms with Crippen molar-refractivity contribution in [1.29, 1.82) is 0 Å². The summed E-state index contributed by atoms with van der Waals surface area (Å²) >= 11 is 0. The van der Waals surface area contributed by atoms with E-state index in [0.29, 0.717) is 27.1 Å². The van der Waals surface area contributed by atoms with E-state index in [4.69, 9.17) is 28.4 Å². The first-order valence-corrected chi connectivity index (χ1v) is 13.0. The number of benzene rings is 4. The van der Waals surface area contributed by atoms with Gasteiger partial charge in [0.05, 0.1) is 43.6 Å². The lowest BCUT2D eigenvalue weighted by atomic mass is 9.67. The summed E-state index contributed by atoms with van der Waals surface area (Å²) < 4.78 is 35.9. The van der Waals surface area contributed by atoms with E-state index in [-0.39, 0.29) is 51.0 Å². The van der Waals surface area contributed by atoms with Crippen molar-refractivity contribution in [2.24, 2.45) is 0 Å². The molecule has 3 aliphatic rings. The number of hydrogen-bond acceptors (Lipinski definition) is 11. The number of hydrogen-bond donors (Lipinski definition) is 2. The minimum atomic E-state index is -2.12. The Kier molecular flexibility index (Phi) is 5.00. The molecule has 0 radical (unpaired) electrons. The molecule has 0 saturated carbocycles. The Bertz CT molecular complexity index is 2050. The maximum atomic E-state index is 13.6. The molecule has 1 saturated heterocycles. The number of methoxy groups -OCH3 is 4. The molecule has 2 bridgehead atoms. The average molecular weight is 563 g/mol. The van der Waals surface area contributed by atoms with Crippen LogP contribution in [0.5, 0.6) is 23.0 Å². The van der Waals surface area contributed by atoms with Gasteiger partial charge >= 0.3 is 0 Å². The Morgan fingerprint density at radius 2 is 1.51 bits per heavy atom. The summed E-state index contributed by atoms with van der Waals surface area (Å²) in [5.41, 5.74) is -2.21. The van der Waals surface area contributed by atoms with Crippen LogP contribution < -0.4 is 30.3 Å². The Balaban J connectivity index is 2.00. The van der Waals surface area contributed by atoms with Gasteiger partial charge in [-0.2, -0.15) is 0 Å². The molecule has 4 aromatic rings. The molecule has 1 spiro atoms. The van der Waals surface area contributed by atoms with E-state index in [9.17, 15) is 24.6 Å². The highest BCUT2D eigenvalue weighted by molar-refractivity contribution is 6.30. The molecule has 1 fully saturated rings. The van der Waals surface area contributed by atoms with Crippen LogP contribution >= 0.6 is 0 Å². The zero-order chi connectivity index (χ0) is 29.3. The van der Waals surface area contributed by atoms with Crippen LogP contribution in [0.2, 0.25) is 0 Å². The molecule has 2 N–H and O–H groups in total. The van der Waals surface area contributed by atoms with Gasteiger partial charge in [0.15, 0.2) is 28.1 Å². The SMILES string of the molecule is COc1c2c3c4c5c(c(=O)cc(OC)c5c5c(OC)cc(=O)c(c1O)c35)=C(O)C(OC)C41CC(C)OC2(C(C)=O)O1. The molecule has 0 amide bonds. The summed E-state index contributed by atoms with van der Waals surface area (Å²) in [7, 11) is 5.45. The van der Waals surface area contributed by atoms with Gasteiger partial charge in [-0.05, 0) is 6.92 Å². The van der Waals surface area contributed by atoms with Crippen molar-refractivity contribution in [3.63, 3.8) is 0 Å². The summed E-state index contributed by atoms with van der Waals surface area (Å²) in [5, 5.41) is 24.7. The van der Waals surface area contributed by atoms with Gasteiger partial charge in [0.25, 0.3) is 5.79 Å². The van der Waals surface area contributed by atoms with Crippen molar-refractivity contribution in [2.75, 3.05) is 28.4 Å². The zero-order valence-electron chi connectivity index (χ0n) is 23.1. The van der Waals surface area contributed by atoms with Crippen LogP contribution in [0.1, 0.15) is 31.4 Å². The molecule has 0 aromatic heterocycles. The third-order valence-electron chi connectivity index (χ3n) is 8.75. The summed E-state index contributed by atoms with van der Waals surface area (Å²) in [6.07, 6.45) is -1.76. The topological polar surface area (TPSA) is 147 Å². The van der Waals surface area contributed by atoms with Gasteiger partial charge in [-0.15, -0.1) is 0 Å². The largest absolute Gasteiger partial charge is 0.509 e. The molecule has 7 rings (SSSR count). The average Bonchev–Trinajstić information content (AvgIpc) is 2.92. The predicted molar refractivity (Wildman–Crippen MR) is 146 cm³/mol. The van der Waals surface area contributed by atoms with Crippen LogP contribution in [0.15, 0.2) is 21.7 Å². The van der Waals surface area contributed by atoms with E-state index in [1.807, 2.05) is 0 Å². The van der Waals surface area contributed by atoms with Crippen LogP contribution in [0.4, 0.5) is 0 Å². The van der Waals surface area contributed by atoms with Crippen LogP contribution in [-0.2, 0) is 30.4 Å². The van der Waals surface area contributed by atoms with E-state index in [1.54, 1.807) is 6.92 Å². The molecule has 41 heavy (non-hydrogen) atoms. The third kappa shape index (κ3) is 2.67. The first-order chi connectivity index (χ1) is 19.5. The minimum absolute atomic E-state index is 0.0311.